The van der Waals surface area contributed by atoms with E-state index in [0.29, 0.717) is 0 Å². The number of allylic oxidation sites excluding steroid dienone is 4. The quantitative estimate of drug-likeness (QED) is 0.508. The third-order valence-corrected chi connectivity index (χ3v) is 1.36. The van der Waals surface area contributed by atoms with Gasteiger partial charge in [-0.05, 0) is 12.8 Å². The lowest BCUT2D eigenvalue weighted by molar-refractivity contribution is 1.05. The molecule has 48 valence electrons. The number of rotatable bonds is 0. The fourth-order valence-corrected chi connectivity index (χ4v) is 0.823. The Kier molecular flexibility index (Phi) is 2.25. The van der Waals surface area contributed by atoms with Gasteiger partial charge in [0, 0.05) is 12.1 Å². The van der Waals surface area contributed by atoms with E-state index < -0.39 is 0 Å². The second-order valence-electron chi connectivity index (χ2n) is 2.20. The number of nitrogens with one attached hydrogen (secondary N) is 1. The minimum atomic E-state index is 0.838. The zero-order valence-electron chi connectivity index (χ0n) is 5.43. The molecule has 0 aromatic heterocycles. The maximum absolute atomic E-state index is 7.34. The summed E-state index contributed by atoms with van der Waals surface area (Å²) in [7, 11) is 0. The largest absolute Gasteiger partial charge is 0.309 e. The van der Waals surface area contributed by atoms with E-state index in [0.717, 1.165) is 25.0 Å². The van der Waals surface area contributed by atoms with Crippen LogP contribution in [0.4, 0.5) is 0 Å². The SMILES string of the molecule is N=C1CC=CC=CCC1. The molecular formula is C8H11N. The van der Waals surface area contributed by atoms with Crippen molar-refractivity contribution in [1.82, 2.24) is 0 Å². The lowest BCUT2D eigenvalue weighted by Crippen LogP contribution is -1.93. The average Bonchev–Trinajstić information content (AvgIpc) is 1.79. The summed E-state index contributed by atoms with van der Waals surface area (Å²) >= 11 is 0. The van der Waals surface area contributed by atoms with Gasteiger partial charge in [-0.1, -0.05) is 24.3 Å². The monoisotopic (exact) mass is 121 g/mol. The van der Waals surface area contributed by atoms with Crippen molar-refractivity contribution in [1.29, 1.82) is 5.41 Å². The van der Waals surface area contributed by atoms with Gasteiger partial charge < -0.3 is 5.41 Å². The van der Waals surface area contributed by atoms with E-state index in [1.807, 2.05) is 18.2 Å². The summed E-state index contributed by atoms with van der Waals surface area (Å²) in [4.78, 5) is 0. The molecule has 0 aromatic carbocycles. The highest BCUT2D eigenvalue weighted by molar-refractivity contribution is 5.82. The second kappa shape index (κ2) is 3.23. The van der Waals surface area contributed by atoms with E-state index in [2.05, 4.69) is 6.08 Å². The number of hydrogen-bond donors (Lipinski definition) is 1. The molecule has 0 fully saturated rings. The standard InChI is InChI=1S/C8H11N/c9-8-6-4-2-1-3-5-7-8/h1-4,9H,5-7H2. The first-order chi connectivity index (χ1) is 4.39. The van der Waals surface area contributed by atoms with Crippen molar-refractivity contribution in [3.05, 3.63) is 24.3 Å². The minimum absolute atomic E-state index is 0.838. The van der Waals surface area contributed by atoms with Gasteiger partial charge in [-0.25, -0.2) is 0 Å². The van der Waals surface area contributed by atoms with Gasteiger partial charge in [-0.3, -0.25) is 0 Å². The summed E-state index contributed by atoms with van der Waals surface area (Å²) < 4.78 is 0. The second-order valence-corrected chi connectivity index (χ2v) is 2.20. The summed E-state index contributed by atoms with van der Waals surface area (Å²) in [5.74, 6) is 0. The molecule has 0 aliphatic heterocycles. The van der Waals surface area contributed by atoms with Crippen molar-refractivity contribution < 1.29 is 0 Å². The van der Waals surface area contributed by atoms with Crippen LogP contribution in [0.25, 0.3) is 0 Å². The molecule has 0 saturated heterocycles. The fraction of sp³-hybridized carbons (Fsp3) is 0.375. The first-order valence-electron chi connectivity index (χ1n) is 3.27. The summed E-state index contributed by atoms with van der Waals surface area (Å²) in [6.45, 7) is 0. The first-order valence-corrected chi connectivity index (χ1v) is 3.27. The molecule has 1 aliphatic carbocycles. The molecule has 1 N–H and O–H groups in total. The maximum Gasteiger partial charge on any atom is 0.0130 e. The van der Waals surface area contributed by atoms with E-state index in [-0.39, 0.29) is 0 Å². The van der Waals surface area contributed by atoms with Gasteiger partial charge in [-0.15, -0.1) is 0 Å². The molecule has 0 heterocycles. The Balaban J connectivity index is 2.50. The van der Waals surface area contributed by atoms with Crippen molar-refractivity contribution in [3.8, 4) is 0 Å². The molecule has 0 amide bonds. The predicted molar refractivity (Wildman–Crippen MR) is 39.9 cm³/mol. The molecule has 0 unspecified atom stereocenters. The lowest BCUT2D eigenvalue weighted by Gasteiger charge is -1.98. The molecule has 0 spiro atoms. The molecule has 1 aliphatic rings. The van der Waals surface area contributed by atoms with Crippen LogP contribution >= 0.6 is 0 Å². The van der Waals surface area contributed by atoms with Crippen LogP contribution in [-0.2, 0) is 0 Å². The van der Waals surface area contributed by atoms with E-state index in [9.17, 15) is 0 Å². The van der Waals surface area contributed by atoms with Gasteiger partial charge in [-0.2, -0.15) is 0 Å². The Morgan fingerprint density at radius 2 is 2.00 bits per heavy atom. The zero-order chi connectivity index (χ0) is 6.53. The Hall–Kier alpha value is -0.850. The first kappa shape index (κ1) is 6.27. The normalized spacial score (nSPS) is 19.3. The highest BCUT2D eigenvalue weighted by Gasteiger charge is 1.92. The zero-order valence-corrected chi connectivity index (χ0v) is 5.43. The summed E-state index contributed by atoms with van der Waals surface area (Å²) in [6, 6.07) is 0. The fourth-order valence-electron chi connectivity index (χ4n) is 0.823. The van der Waals surface area contributed by atoms with Crippen LogP contribution in [0.2, 0.25) is 0 Å². The van der Waals surface area contributed by atoms with Crippen LogP contribution in [0.5, 0.6) is 0 Å². The van der Waals surface area contributed by atoms with Gasteiger partial charge in [0.2, 0.25) is 0 Å². The van der Waals surface area contributed by atoms with E-state index >= 15 is 0 Å². The van der Waals surface area contributed by atoms with E-state index in [1.54, 1.807) is 0 Å². The maximum atomic E-state index is 7.34. The highest BCUT2D eigenvalue weighted by Crippen LogP contribution is 2.01. The van der Waals surface area contributed by atoms with Gasteiger partial charge in [0.05, 0.1) is 0 Å². The molecule has 0 atom stereocenters. The van der Waals surface area contributed by atoms with E-state index in [4.69, 9.17) is 5.41 Å². The summed E-state index contributed by atoms with van der Waals surface area (Å²) in [6.07, 6.45) is 11.0. The van der Waals surface area contributed by atoms with Crippen molar-refractivity contribution >= 4 is 5.71 Å². The van der Waals surface area contributed by atoms with E-state index in [1.165, 1.54) is 0 Å². The Labute approximate surface area is 55.6 Å². The van der Waals surface area contributed by atoms with Crippen LogP contribution < -0.4 is 0 Å². The topological polar surface area (TPSA) is 23.9 Å². The van der Waals surface area contributed by atoms with Gasteiger partial charge in [0.25, 0.3) is 0 Å². The molecule has 1 rings (SSSR count). The molecule has 0 saturated carbocycles. The lowest BCUT2D eigenvalue weighted by atomic mass is 10.1. The van der Waals surface area contributed by atoms with Crippen LogP contribution in [0.3, 0.4) is 0 Å². The minimum Gasteiger partial charge on any atom is -0.309 e. The Morgan fingerprint density at radius 3 is 2.89 bits per heavy atom. The third-order valence-electron chi connectivity index (χ3n) is 1.36. The third kappa shape index (κ3) is 2.27. The van der Waals surface area contributed by atoms with Gasteiger partial charge >= 0.3 is 0 Å². The van der Waals surface area contributed by atoms with Crippen molar-refractivity contribution in [2.24, 2.45) is 0 Å². The van der Waals surface area contributed by atoms with Crippen LogP contribution in [0.1, 0.15) is 19.3 Å². The molecule has 0 bridgehead atoms. The van der Waals surface area contributed by atoms with Crippen LogP contribution in [0, 0.1) is 5.41 Å². The molecule has 0 aromatic rings. The van der Waals surface area contributed by atoms with Gasteiger partial charge in [0.1, 0.15) is 0 Å². The van der Waals surface area contributed by atoms with Crippen LogP contribution in [-0.4, -0.2) is 5.71 Å². The van der Waals surface area contributed by atoms with Crippen LogP contribution in [0.15, 0.2) is 24.3 Å². The molecule has 1 nitrogen and oxygen atoms in total. The molecule has 0 radical (unpaired) electrons. The Bertz CT molecular complexity index is 154. The smallest absolute Gasteiger partial charge is 0.0130 e. The number of hydrogen-bond acceptors (Lipinski definition) is 1. The molecule has 1 heteroatoms. The van der Waals surface area contributed by atoms with Crippen molar-refractivity contribution in [2.75, 3.05) is 0 Å². The van der Waals surface area contributed by atoms with Crippen molar-refractivity contribution in [3.63, 3.8) is 0 Å². The van der Waals surface area contributed by atoms with Gasteiger partial charge in [0.15, 0.2) is 0 Å². The molecule has 9 heavy (non-hydrogen) atoms. The average molecular weight is 121 g/mol. The summed E-state index contributed by atoms with van der Waals surface area (Å²) in [5, 5.41) is 7.34. The molecular weight excluding hydrogens is 110 g/mol. The predicted octanol–water partition coefficient (Wildman–Crippen LogP) is 2.30. The van der Waals surface area contributed by atoms with Crippen molar-refractivity contribution in [2.45, 2.75) is 19.3 Å². The summed E-state index contributed by atoms with van der Waals surface area (Å²) in [5.41, 5.74) is 0.843. The highest BCUT2D eigenvalue weighted by atomic mass is 14.4. The Morgan fingerprint density at radius 1 is 1.22 bits per heavy atom.